The Kier molecular flexibility index (Phi) is 5.14. The fraction of sp³-hybridized carbons (Fsp3) is 0.176. The van der Waals surface area contributed by atoms with E-state index in [-0.39, 0.29) is 13.0 Å². The van der Waals surface area contributed by atoms with E-state index in [4.69, 9.17) is 14.6 Å². The molecule has 0 saturated carbocycles. The van der Waals surface area contributed by atoms with Gasteiger partial charge in [0, 0.05) is 11.1 Å². The van der Waals surface area contributed by atoms with E-state index in [1.807, 2.05) is 30.3 Å². The summed E-state index contributed by atoms with van der Waals surface area (Å²) in [7, 11) is 1.45. The number of methoxy groups -OCH3 is 1. The van der Waals surface area contributed by atoms with Gasteiger partial charge in [-0.2, -0.15) is 0 Å². The Morgan fingerprint density at radius 3 is 2.55 bits per heavy atom. The van der Waals surface area contributed by atoms with Crippen molar-refractivity contribution in [3.05, 3.63) is 59.2 Å². The van der Waals surface area contributed by atoms with Gasteiger partial charge in [-0.1, -0.05) is 30.3 Å². The molecule has 0 fully saturated rings. The molecule has 2 aromatic rings. The number of benzene rings is 2. The highest BCUT2D eigenvalue weighted by Crippen LogP contribution is 2.33. The van der Waals surface area contributed by atoms with Crippen LogP contribution in [-0.4, -0.2) is 24.5 Å². The molecule has 0 unspecified atom stereocenters. The molecule has 0 heterocycles. The minimum absolute atomic E-state index is 0.248. The van der Waals surface area contributed by atoms with E-state index < -0.39 is 5.97 Å². The summed E-state index contributed by atoms with van der Waals surface area (Å²) in [6.07, 6.45) is 0.400. The highest BCUT2D eigenvalue weighted by atomic mass is 16.5. The smallest absolute Gasteiger partial charge is 0.307 e. The molecule has 2 rings (SSSR count). The molecule has 0 saturated heterocycles. The van der Waals surface area contributed by atoms with E-state index in [2.05, 4.69) is 0 Å². The van der Waals surface area contributed by atoms with Crippen LogP contribution < -0.4 is 9.47 Å². The fourth-order valence-corrected chi connectivity index (χ4v) is 2.09. The zero-order valence-electron chi connectivity index (χ0n) is 12.1. The van der Waals surface area contributed by atoms with Gasteiger partial charge in [0.1, 0.15) is 12.9 Å². The first-order valence-corrected chi connectivity index (χ1v) is 6.68. The number of aldehydes is 1. The molecular weight excluding hydrogens is 284 g/mol. The molecule has 5 nitrogen and oxygen atoms in total. The van der Waals surface area contributed by atoms with Gasteiger partial charge in [-0.15, -0.1) is 0 Å². The molecule has 22 heavy (non-hydrogen) atoms. The normalized spacial score (nSPS) is 10.0. The lowest BCUT2D eigenvalue weighted by Crippen LogP contribution is -2.06. The second-order valence-electron chi connectivity index (χ2n) is 4.67. The largest absolute Gasteiger partial charge is 0.493 e. The van der Waals surface area contributed by atoms with Gasteiger partial charge >= 0.3 is 5.97 Å². The van der Waals surface area contributed by atoms with Crippen LogP contribution in [0.3, 0.4) is 0 Å². The van der Waals surface area contributed by atoms with Crippen molar-refractivity contribution in [2.75, 3.05) is 7.11 Å². The molecule has 0 amide bonds. The minimum atomic E-state index is -1.00. The number of carbonyl (C=O) groups is 2. The summed E-state index contributed by atoms with van der Waals surface area (Å²) in [6, 6.07) is 12.5. The van der Waals surface area contributed by atoms with E-state index in [1.165, 1.54) is 19.2 Å². The lowest BCUT2D eigenvalue weighted by molar-refractivity contribution is -0.136. The van der Waals surface area contributed by atoms with Crippen molar-refractivity contribution < 1.29 is 24.2 Å². The summed E-state index contributed by atoms with van der Waals surface area (Å²) in [5.41, 5.74) is 1.70. The molecule has 5 heteroatoms. The van der Waals surface area contributed by atoms with Crippen molar-refractivity contribution in [2.24, 2.45) is 0 Å². The van der Waals surface area contributed by atoms with Crippen molar-refractivity contribution in [1.29, 1.82) is 0 Å². The number of ether oxygens (including phenoxy) is 2. The van der Waals surface area contributed by atoms with Crippen molar-refractivity contribution in [3.63, 3.8) is 0 Å². The summed E-state index contributed by atoms with van der Waals surface area (Å²) in [5.74, 6) is -0.314. The van der Waals surface area contributed by atoms with Gasteiger partial charge < -0.3 is 14.6 Å². The molecule has 2 aromatic carbocycles. The standard InChI is InChI=1S/C17H16O5/c1-21-15-8-13(10-18)7-14(9-16(19)20)17(15)22-11-12-5-3-2-4-6-12/h2-8,10H,9,11H2,1H3,(H,19,20). The molecule has 114 valence electrons. The third-order valence-electron chi connectivity index (χ3n) is 3.08. The number of carboxylic acid groups (broad SMARTS) is 1. The van der Waals surface area contributed by atoms with Crippen LogP contribution in [0.15, 0.2) is 42.5 Å². The molecule has 1 N–H and O–H groups in total. The van der Waals surface area contributed by atoms with Gasteiger partial charge in [0.2, 0.25) is 0 Å². The maximum atomic E-state index is 11.0. The topological polar surface area (TPSA) is 72.8 Å². The fourth-order valence-electron chi connectivity index (χ4n) is 2.09. The molecule has 0 aliphatic rings. The number of hydrogen-bond donors (Lipinski definition) is 1. The van der Waals surface area contributed by atoms with Gasteiger partial charge in [-0.05, 0) is 17.7 Å². The van der Waals surface area contributed by atoms with Crippen molar-refractivity contribution in [2.45, 2.75) is 13.0 Å². The van der Waals surface area contributed by atoms with Crippen LogP contribution >= 0.6 is 0 Å². The Balaban J connectivity index is 2.33. The SMILES string of the molecule is COc1cc(C=O)cc(CC(=O)O)c1OCc1ccccc1. The Bertz CT molecular complexity index is 664. The van der Waals surface area contributed by atoms with Gasteiger partial charge in [0.25, 0.3) is 0 Å². The first-order chi connectivity index (χ1) is 10.6. The van der Waals surface area contributed by atoms with Crippen LogP contribution in [0.1, 0.15) is 21.5 Å². The Labute approximate surface area is 128 Å². The molecular formula is C17H16O5. The highest BCUT2D eigenvalue weighted by Gasteiger charge is 2.16. The summed E-state index contributed by atoms with van der Waals surface area (Å²) < 4.78 is 11.0. The second-order valence-corrected chi connectivity index (χ2v) is 4.67. The monoisotopic (exact) mass is 300 g/mol. The Morgan fingerprint density at radius 2 is 1.95 bits per heavy atom. The summed E-state index contributed by atoms with van der Waals surface area (Å²) in [4.78, 5) is 22.0. The van der Waals surface area contributed by atoms with Crippen molar-refractivity contribution in [3.8, 4) is 11.5 Å². The van der Waals surface area contributed by atoms with Gasteiger partial charge in [-0.25, -0.2) is 0 Å². The van der Waals surface area contributed by atoms with Crippen molar-refractivity contribution >= 4 is 12.3 Å². The lowest BCUT2D eigenvalue weighted by atomic mass is 10.1. The first-order valence-electron chi connectivity index (χ1n) is 6.68. The number of rotatable bonds is 7. The zero-order chi connectivity index (χ0) is 15.9. The number of carboxylic acids is 1. The summed E-state index contributed by atoms with van der Waals surface area (Å²) in [5, 5.41) is 9.02. The van der Waals surface area contributed by atoms with E-state index in [9.17, 15) is 9.59 Å². The van der Waals surface area contributed by atoms with Crippen LogP contribution in [0, 0.1) is 0 Å². The van der Waals surface area contributed by atoms with Crippen molar-refractivity contribution in [1.82, 2.24) is 0 Å². The minimum Gasteiger partial charge on any atom is -0.493 e. The third kappa shape index (κ3) is 3.85. The first kappa shape index (κ1) is 15.6. The Morgan fingerprint density at radius 1 is 1.23 bits per heavy atom. The number of hydrogen-bond acceptors (Lipinski definition) is 4. The zero-order valence-corrected chi connectivity index (χ0v) is 12.1. The quantitative estimate of drug-likeness (QED) is 0.796. The highest BCUT2D eigenvalue weighted by molar-refractivity contribution is 5.79. The van der Waals surface area contributed by atoms with Crippen LogP contribution in [0.25, 0.3) is 0 Å². The predicted molar refractivity (Wildman–Crippen MR) is 80.5 cm³/mol. The third-order valence-corrected chi connectivity index (χ3v) is 3.08. The molecule has 0 aromatic heterocycles. The average Bonchev–Trinajstić information content (AvgIpc) is 2.53. The molecule has 0 aliphatic carbocycles. The molecule has 0 spiro atoms. The van der Waals surface area contributed by atoms with Crippen LogP contribution in [0.5, 0.6) is 11.5 Å². The predicted octanol–water partition coefficient (Wildman–Crippen LogP) is 2.71. The maximum Gasteiger partial charge on any atom is 0.307 e. The average molecular weight is 300 g/mol. The number of carbonyl (C=O) groups excluding carboxylic acids is 1. The molecule has 0 bridgehead atoms. The van der Waals surface area contributed by atoms with Gasteiger partial charge in [0.15, 0.2) is 11.5 Å². The lowest BCUT2D eigenvalue weighted by Gasteiger charge is -2.15. The van der Waals surface area contributed by atoms with E-state index >= 15 is 0 Å². The molecule has 0 aliphatic heterocycles. The Hall–Kier alpha value is -2.82. The van der Waals surface area contributed by atoms with Gasteiger partial charge in [0.05, 0.1) is 13.5 Å². The molecule has 0 radical (unpaired) electrons. The van der Waals surface area contributed by atoms with Crippen LogP contribution in [0.2, 0.25) is 0 Å². The number of aliphatic carboxylic acids is 1. The van der Waals surface area contributed by atoms with E-state index in [0.717, 1.165) is 5.56 Å². The van der Waals surface area contributed by atoms with E-state index in [1.54, 1.807) is 0 Å². The maximum absolute atomic E-state index is 11.0. The van der Waals surface area contributed by atoms with Crippen LogP contribution in [0.4, 0.5) is 0 Å². The van der Waals surface area contributed by atoms with Gasteiger partial charge in [-0.3, -0.25) is 9.59 Å². The summed E-state index contributed by atoms with van der Waals surface area (Å²) >= 11 is 0. The van der Waals surface area contributed by atoms with Crippen LogP contribution in [-0.2, 0) is 17.8 Å². The summed E-state index contributed by atoms with van der Waals surface area (Å²) in [6.45, 7) is 0.282. The molecule has 0 atom stereocenters. The van der Waals surface area contributed by atoms with E-state index in [0.29, 0.717) is 28.9 Å². The second kappa shape index (κ2) is 7.26.